The molecule has 2 fully saturated rings. The maximum Gasteiger partial charge on any atom is 0.326 e. The highest BCUT2D eigenvalue weighted by atomic mass is 32.2. The molecule has 2 atom stereocenters. The van der Waals surface area contributed by atoms with Gasteiger partial charge in [-0.3, -0.25) is 24.2 Å². The Morgan fingerprint density at radius 3 is 2.35 bits per heavy atom. The van der Waals surface area contributed by atoms with Crippen LogP contribution >= 0.6 is 11.8 Å². The van der Waals surface area contributed by atoms with E-state index in [4.69, 9.17) is 4.74 Å². The third-order valence-corrected chi connectivity index (χ3v) is 7.96. The number of ether oxygens (including phenoxy) is 1. The van der Waals surface area contributed by atoms with E-state index in [-0.39, 0.29) is 11.8 Å². The van der Waals surface area contributed by atoms with Gasteiger partial charge in [0.2, 0.25) is 0 Å². The first kappa shape index (κ1) is 22.5. The topological polar surface area (TPSA) is 96.0 Å². The normalized spacial score (nSPS) is 23.4. The van der Waals surface area contributed by atoms with Crippen molar-refractivity contribution in [3.8, 4) is 0 Å². The number of amides is 4. The zero-order valence-electron chi connectivity index (χ0n) is 18.8. The molecule has 0 radical (unpaired) electrons. The molecule has 34 heavy (non-hydrogen) atoms. The zero-order valence-corrected chi connectivity index (χ0v) is 19.6. The number of benzene rings is 2. The van der Waals surface area contributed by atoms with Gasteiger partial charge in [-0.25, -0.2) is 4.79 Å². The summed E-state index contributed by atoms with van der Waals surface area (Å²) in [5, 5.41) is 2.81. The van der Waals surface area contributed by atoms with Gasteiger partial charge in [0.15, 0.2) is 6.61 Å². The van der Waals surface area contributed by atoms with Crippen molar-refractivity contribution in [2.45, 2.75) is 47.9 Å². The fraction of sp³-hybridized carbons (Fsp3) is 0.360. The Bertz CT molecular complexity index is 1140. The summed E-state index contributed by atoms with van der Waals surface area (Å²) in [5.74, 6) is -1.60. The molecule has 1 aliphatic carbocycles. The van der Waals surface area contributed by atoms with Gasteiger partial charge in [0.05, 0.1) is 11.4 Å². The average molecular weight is 480 g/mol. The molecular weight excluding hydrogens is 454 g/mol. The molecule has 4 amide bonds. The van der Waals surface area contributed by atoms with Crippen molar-refractivity contribution in [2.75, 3.05) is 18.1 Å². The number of esters is 1. The van der Waals surface area contributed by atoms with Gasteiger partial charge in [0.25, 0.3) is 11.8 Å². The van der Waals surface area contributed by atoms with Crippen molar-refractivity contribution in [1.29, 1.82) is 0 Å². The molecule has 1 saturated heterocycles. The summed E-state index contributed by atoms with van der Waals surface area (Å²) < 4.78 is 5.24. The number of hydrogen-bond donors (Lipinski definition) is 1. The molecule has 5 rings (SSSR count). The number of para-hydroxylation sites is 2. The van der Waals surface area contributed by atoms with Gasteiger partial charge in [-0.05, 0) is 43.0 Å². The van der Waals surface area contributed by atoms with Crippen LogP contribution in [0.15, 0.2) is 58.3 Å². The SMILES string of the molecule is C[C@@H]1CCCC[C@]12NC(=O)N(CC(=O)OCC(=O)N1c3ccccc3Sc3ccccc31)C2=O. The van der Waals surface area contributed by atoms with E-state index in [9.17, 15) is 19.2 Å². The lowest BCUT2D eigenvalue weighted by atomic mass is 9.73. The molecule has 2 aromatic rings. The van der Waals surface area contributed by atoms with Crippen LogP contribution in [-0.4, -0.2) is 47.4 Å². The summed E-state index contributed by atoms with van der Waals surface area (Å²) in [4.78, 5) is 55.6. The van der Waals surface area contributed by atoms with Gasteiger partial charge in [0.1, 0.15) is 12.1 Å². The second-order valence-corrected chi connectivity index (χ2v) is 9.95. The summed E-state index contributed by atoms with van der Waals surface area (Å²) in [7, 11) is 0. The molecule has 2 aliphatic heterocycles. The Hall–Kier alpha value is -3.33. The van der Waals surface area contributed by atoms with E-state index < -0.39 is 36.6 Å². The number of nitrogens with one attached hydrogen (secondary N) is 1. The fourth-order valence-corrected chi connectivity index (χ4v) is 6.05. The monoisotopic (exact) mass is 479 g/mol. The lowest BCUT2D eigenvalue weighted by Gasteiger charge is -2.36. The van der Waals surface area contributed by atoms with Gasteiger partial charge in [-0.15, -0.1) is 0 Å². The first-order valence-electron chi connectivity index (χ1n) is 11.4. The smallest absolute Gasteiger partial charge is 0.326 e. The maximum atomic E-state index is 13.2. The van der Waals surface area contributed by atoms with Crippen molar-refractivity contribution in [1.82, 2.24) is 10.2 Å². The quantitative estimate of drug-likeness (QED) is 0.529. The van der Waals surface area contributed by atoms with Gasteiger partial charge < -0.3 is 10.1 Å². The van der Waals surface area contributed by atoms with Crippen molar-refractivity contribution >= 4 is 47.0 Å². The lowest BCUT2D eigenvalue weighted by Crippen LogP contribution is -2.54. The van der Waals surface area contributed by atoms with E-state index in [1.807, 2.05) is 55.5 Å². The Morgan fingerprint density at radius 2 is 1.71 bits per heavy atom. The number of urea groups is 1. The molecule has 9 heteroatoms. The molecule has 1 N–H and O–H groups in total. The minimum Gasteiger partial charge on any atom is -0.454 e. The standard InChI is InChI=1S/C25H25N3O5S/c1-16-8-6-7-13-25(16)23(31)27(24(32)26-25)14-22(30)33-15-21(29)28-17-9-2-4-11-19(17)34-20-12-5-3-10-18(20)28/h2-5,9-12,16H,6-8,13-15H2,1H3,(H,26,32)/t16-,25+/m1/s1. The highest BCUT2D eigenvalue weighted by Gasteiger charge is 2.55. The number of carbonyl (C=O) groups excluding carboxylic acids is 4. The number of imide groups is 1. The molecular formula is C25H25N3O5S. The van der Waals surface area contributed by atoms with Gasteiger partial charge in [-0.2, -0.15) is 0 Å². The van der Waals surface area contributed by atoms with Crippen molar-refractivity contribution in [3.63, 3.8) is 0 Å². The van der Waals surface area contributed by atoms with Crippen molar-refractivity contribution < 1.29 is 23.9 Å². The number of anilines is 2. The van der Waals surface area contributed by atoms with Crippen LogP contribution in [-0.2, 0) is 19.1 Å². The molecule has 0 aromatic heterocycles. The largest absolute Gasteiger partial charge is 0.454 e. The van der Waals surface area contributed by atoms with Crippen LogP contribution in [0.5, 0.6) is 0 Å². The summed E-state index contributed by atoms with van der Waals surface area (Å²) in [5.41, 5.74) is 0.494. The summed E-state index contributed by atoms with van der Waals surface area (Å²) >= 11 is 1.57. The molecule has 3 aliphatic rings. The summed E-state index contributed by atoms with van der Waals surface area (Å²) in [6.07, 6.45) is 3.27. The number of rotatable bonds is 4. The van der Waals surface area contributed by atoms with E-state index in [2.05, 4.69) is 5.32 Å². The highest BCUT2D eigenvalue weighted by Crippen LogP contribution is 2.47. The molecule has 1 spiro atoms. The van der Waals surface area contributed by atoms with Crippen LogP contribution in [0.2, 0.25) is 0 Å². The van der Waals surface area contributed by atoms with Gasteiger partial charge in [0, 0.05) is 9.79 Å². The predicted molar refractivity (Wildman–Crippen MR) is 126 cm³/mol. The van der Waals surface area contributed by atoms with Crippen LogP contribution in [0.3, 0.4) is 0 Å². The van der Waals surface area contributed by atoms with Gasteiger partial charge in [-0.1, -0.05) is 55.8 Å². The van der Waals surface area contributed by atoms with E-state index >= 15 is 0 Å². The van der Waals surface area contributed by atoms with E-state index in [1.54, 1.807) is 16.7 Å². The van der Waals surface area contributed by atoms with Crippen LogP contribution in [0.25, 0.3) is 0 Å². The summed E-state index contributed by atoms with van der Waals surface area (Å²) in [6.45, 7) is 0.928. The Morgan fingerprint density at radius 1 is 1.06 bits per heavy atom. The Kier molecular flexibility index (Phi) is 5.81. The zero-order chi connectivity index (χ0) is 23.9. The van der Waals surface area contributed by atoms with Crippen LogP contribution in [0, 0.1) is 5.92 Å². The third-order valence-electron chi connectivity index (χ3n) is 6.83. The highest BCUT2D eigenvalue weighted by molar-refractivity contribution is 7.99. The minimum absolute atomic E-state index is 0.00240. The molecule has 1 saturated carbocycles. The molecule has 2 heterocycles. The van der Waals surface area contributed by atoms with E-state index in [0.717, 1.165) is 45.3 Å². The molecule has 176 valence electrons. The minimum atomic E-state index is -0.940. The number of hydrogen-bond acceptors (Lipinski definition) is 6. The van der Waals surface area contributed by atoms with Crippen LogP contribution in [0.1, 0.15) is 32.6 Å². The average Bonchev–Trinajstić information content (AvgIpc) is 3.07. The van der Waals surface area contributed by atoms with E-state index in [0.29, 0.717) is 6.42 Å². The fourth-order valence-electron chi connectivity index (χ4n) is 4.99. The summed E-state index contributed by atoms with van der Waals surface area (Å²) in [6, 6.07) is 14.5. The third kappa shape index (κ3) is 3.73. The van der Waals surface area contributed by atoms with Gasteiger partial charge >= 0.3 is 12.0 Å². The Labute approximate surface area is 201 Å². The van der Waals surface area contributed by atoms with Crippen LogP contribution in [0.4, 0.5) is 16.2 Å². The lowest BCUT2D eigenvalue weighted by molar-refractivity contribution is -0.150. The van der Waals surface area contributed by atoms with E-state index in [1.165, 1.54) is 0 Å². The predicted octanol–water partition coefficient (Wildman–Crippen LogP) is 3.86. The molecule has 2 aromatic carbocycles. The van der Waals surface area contributed by atoms with Crippen LogP contribution < -0.4 is 10.2 Å². The van der Waals surface area contributed by atoms with Crippen molar-refractivity contribution in [2.24, 2.45) is 5.92 Å². The Balaban J connectivity index is 1.27. The molecule has 0 unspecified atom stereocenters. The maximum absolute atomic E-state index is 13.2. The second kappa shape index (κ2) is 8.79. The number of nitrogens with zero attached hydrogens (tertiary/aromatic N) is 2. The molecule has 8 nitrogen and oxygen atoms in total. The second-order valence-electron chi connectivity index (χ2n) is 8.87. The van der Waals surface area contributed by atoms with Crippen molar-refractivity contribution in [3.05, 3.63) is 48.5 Å². The molecule has 0 bridgehead atoms. The first-order chi connectivity index (χ1) is 16.4. The first-order valence-corrected chi connectivity index (χ1v) is 12.2. The number of fused-ring (bicyclic) bond motifs is 2. The number of carbonyl (C=O) groups is 4.